The molecule has 4 rings (SSSR count). The van der Waals surface area contributed by atoms with Crippen LogP contribution in [0.2, 0.25) is 0 Å². The van der Waals surface area contributed by atoms with Gasteiger partial charge in [0.25, 0.3) is 5.91 Å². The smallest absolute Gasteiger partial charge is 0.255 e. The van der Waals surface area contributed by atoms with Crippen molar-refractivity contribution in [3.05, 3.63) is 39.8 Å². The predicted molar refractivity (Wildman–Crippen MR) is 88.6 cm³/mol. The average molecular weight is 331 g/mol. The molecular weight excluding hydrogens is 310 g/mol. The van der Waals surface area contributed by atoms with Gasteiger partial charge in [0.2, 0.25) is 0 Å². The number of amides is 1. The van der Waals surface area contributed by atoms with Gasteiger partial charge in [0.1, 0.15) is 0 Å². The van der Waals surface area contributed by atoms with Crippen LogP contribution in [0.15, 0.2) is 23.0 Å². The molecular formula is C17H21N3O2S. The van der Waals surface area contributed by atoms with Crippen molar-refractivity contribution < 1.29 is 9.53 Å². The molecule has 6 heteroatoms. The van der Waals surface area contributed by atoms with Crippen LogP contribution in [0.4, 0.5) is 0 Å². The predicted octanol–water partition coefficient (Wildman–Crippen LogP) is 2.65. The van der Waals surface area contributed by atoms with Crippen LogP contribution >= 0.6 is 11.3 Å². The number of carbonyl (C=O) groups is 1. The van der Waals surface area contributed by atoms with E-state index in [1.807, 2.05) is 39.7 Å². The summed E-state index contributed by atoms with van der Waals surface area (Å²) in [6.45, 7) is 2.81. The molecule has 1 saturated carbocycles. The van der Waals surface area contributed by atoms with Crippen LogP contribution in [0.5, 0.6) is 0 Å². The first-order chi connectivity index (χ1) is 11.2. The SMILES string of the molecule is Cn1cc2c(n1)[C@@H](COCC1CC1)CN(C(=O)c1ccsc1)C2. The summed E-state index contributed by atoms with van der Waals surface area (Å²) in [6, 6.07) is 1.89. The van der Waals surface area contributed by atoms with Crippen molar-refractivity contribution in [2.75, 3.05) is 19.8 Å². The van der Waals surface area contributed by atoms with Crippen LogP contribution in [-0.4, -0.2) is 40.3 Å². The fourth-order valence-electron chi connectivity index (χ4n) is 3.16. The third-order valence-corrected chi connectivity index (χ3v) is 5.23. The Bertz CT molecular complexity index is 691. The summed E-state index contributed by atoms with van der Waals surface area (Å²) < 4.78 is 7.74. The highest BCUT2D eigenvalue weighted by molar-refractivity contribution is 7.08. The lowest BCUT2D eigenvalue weighted by Gasteiger charge is -2.31. The monoisotopic (exact) mass is 331 g/mol. The zero-order chi connectivity index (χ0) is 15.8. The van der Waals surface area contributed by atoms with Crippen molar-refractivity contribution in [1.82, 2.24) is 14.7 Å². The van der Waals surface area contributed by atoms with E-state index in [9.17, 15) is 4.79 Å². The van der Waals surface area contributed by atoms with E-state index in [1.54, 1.807) is 11.3 Å². The van der Waals surface area contributed by atoms with Gasteiger partial charge in [-0.1, -0.05) is 0 Å². The third-order valence-electron chi connectivity index (χ3n) is 4.55. The normalized spacial score (nSPS) is 20.6. The van der Waals surface area contributed by atoms with E-state index in [4.69, 9.17) is 4.74 Å². The number of aromatic nitrogens is 2. The van der Waals surface area contributed by atoms with E-state index >= 15 is 0 Å². The van der Waals surface area contributed by atoms with Gasteiger partial charge in [-0.2, -0.15) is 16.4 Å². The lowest BCUT2D eigenvalue weighted by Crippen LogP contribution is -2.39. The molecule has 1 aliphatic carbocycles. The molecule has 1 amide bonds. The fourth-order valence-corrected chi connectivity index (χ4v) is 3.79. The second kappa shape index (κ2) is 6.09. The van der Waals surface area contributed by atoms with E-state index in [1.165, 1.54) is 12.8 Å². The van der Waals surface area contributed by atoms with Gasteiger partial charge in [0.15, 0.2) is 0 Å². The Morgan fingerprint density at radius 2 is 2.30 bits per heavy atom. The van der Waals surface area contributed by atoms with E-state index in [2.05, 4.69) is 5.10 Å². The van der Waals surface area contributed by atoms with E-state index in [0.29, 0.717) is 19.7 Å². The Labute approximate surface area is 139 Å². The maximum Gasteiger partial charge on any atom is 0.255 e. The van der Waals surface area contributed by atoms with Crippen LogP contribution in [0, 0.1) is 5.92 Å². The number of thiophene rings is 1. The summed E-state index contributed by atoms with van der Waals surface area (Å²) in [4.78, 5) is 14.6. The van der Waals surface area contributed by atoms with Crippen molar-refractivity contribution in [3.63, 3.8) is 0 Å². The zero-order valence-corrected chi connectivity index (χ0v) is 14.1. The molecule has 0 radical (unpaired) electrons. The molecule has 122 valence electrons. The molecule has 1 fully saturated rings. The van der Waals surface area contributed by atoms with Crippen molar-refractivity contribution in [1.29, 1.82) is 0 Å². The van der Waals surface area contributed by atoms with Gasteiger partial charge in [-0.05, 0) is 30.2 Å². The Morgan fingerprint density at radius 1 is 1.43 bits per heavy atom. The van der Waals surface area contributed by atoms with Crippen molar-refractivity contribution in [2.24, 2.45) is 13.0 Å². The number of rotatable bonds is 5. The molecule has 0 unspecified atom stereocenters. The highest BCUT2D eigenvalue weighted by atomic mass is 32.1. The molecule has 1 aliphatic heterocycles. The molecule has 0 spiro atoms. The Kier molecular flexibility index (Phi) is 3.95. The van der Waals surface area contributed by atoms with Crippen LogP contribution in [-0.2, 0) is 18.3 Å². The maximum absolute atomic E-state index is 12.7. The first-order valence-electron chi connectivity index (χ1n) is 8.12. The molecule has 0 aromatic carbocycles. The summed E-state index contributed by atoms with van der Waals surface area (Å²) in [5, 5.41) is 8.47. The molecule has 2 aromatic rings. The van der Waals surface area contributed by atoms with Crippen LogP contribution in [0.3, 0.4) is 0 Å². The fraction of sp³-hybridized carbons (Fsp3) is 0.529. The molecule has 0 N–H and O–H groups in total. The standard InChI is InChI=1S/C17H21N3O2S/c1-19-6-14-7-20(17(21)13-4-5-23-11-13)8-15(16(14)18-19)10-22-9-12-2-3-12/h4-6,11-12,15H,2-3,7-10H2,1H3/t15-/m1/s1. The molecule has 1 atom stereocenters. The van der Waals surface area contributed by atoms with Crippen LogP contribution in [0.1, 0.15) is 40.4 Å². The second-order valence-corrected chi connectivity index (χ2v) is 7.37. The number of hydrogen-bond donors (Lipinski definition) is 0. The summed E-state index contributed by atoms with van der Waals surface area (Å²) in [5.41, 5.74) is 3.01. The number of ether oxygens (including phenoxy) is 1. The molecule has 2 aromatic heterocycles. The van der Waals surface area contributed by atoms with E-state index in [-0.39, 0.29) is 11.8 Å². The van der Waals surface area contributed by atoms with Gasteiger partial charge < -0.3 is 9.64 Å². The third kappa shape index (κ3) is 3.19. The van der Waals surface area contributed by atoms with Crippen LogP contribution in [0.25, 0.3) is 0 Å². The molecule has 3 heterocycles. The summed E-state index contributed by atoms with van der Waals surface area (Å²) in [5.74, 6) is 1.03. The minimum Gasteiger partial charge on any atom is -0.380 e. The molecule has 5 nitrogen and oxygen atoms in total. The molecule has 2 aliphatic rings. The number of fused-ring (bicyclic) bond motifs is 1. The first-order valence-corrected chi connectivity index (χ1v) is 9.06. The number of aryl methyl sites for hydroxylation is 1. The lowest BCUT2D eigenvalue weighted by atomic mass is 9.97. The molecule has 23 heavy (non-hydrogen) atoms. The van der Waals surface area contributed by atoms with Crippen LogP contribution < -0.4 is 0 Å². The number of carbonyl (C=O) groups excluding carboxylic acids is 1. The van der Waals surface area contributed by atoms with Crippen molar-refractivity contribution in [3.8, 4) is 0 Å². The van der Waals surface area contributed by atoms with Gasteiger partial charge in [0.05, 0.1) is 17.9 Å². The Morgan fingerprint density at radius 3 is 3.04 bits per heavy atom. The Balaban J connectivity index is 1.51. The van der Waals surface area contributed by atoms with Crippen molar-refractivity contribution in [2.45, 2.75) is 25.3 Å². The van der Waals surface area contributed by atoms with E-state index in [0.717, 1.165) is 29.3 Å². The first kappa shape index (κ1) is 14.9. The summed E-state index contributed by atoms with van der Waals surface area (Å²) in [6.07, 6.45) is 4.61. The number of hydrogen-bond acceptors (Lipinski definition) is 4. The quantitative estimate of drug-likeness (QED) is 0.846. The largest absolute Gasteiger partial charge is 0.380 e. The van der Waals surface area contributed by atoms with Gasteiger partial charge in [-0.15, -0.1) is 0 Å². The second-order valence-electron chi connectivity index (χ2n) is 6.59. The number of nitrogens with zero attached hydrogens (tertiary/aromatic N) is 3. The highest BCUT2D eigenvalue weighted by Gasteiger charge is 2.32. The highest BCUT2D eigenvalue weighted by Crippen LogP contribution is 2.31. The lowest BCUT2D eigenvalue weighted by molar-refractivity contribution is 0.0626. The average Bonchev–Trinajstić information content (AvgIpc) is 3.05. The molecule has 0 bridgehead atoms. The Hall–Kier alpha value is -1.66. The van der Waals surface area contributed by atoms with Crippen molar-refractivity contribution >= 4 is 17.2 Å². The van der Waals surface area contributed by atoms with E-state index < -0.39 is 0 Å². The zero-order valence-electron chi connectivity index (χ0n) is 13.3. The van der Waals surface area contributed by atoms with Gasteiger partial charge in [-0.3, -0.25) is 9.48 Å². The minimum atomic E-state index is 0.105. The van der Waals surface area contributed by atoms with Gasteiger partial charge in [-0.25, -0.2) is 0 Å². The topological polar surface area (TPSA) is 47.4 Å². The minimum absolute atomic E-state index is 0.105. The molecule has 0 saturated heterocycles. The maximum atomic E-state index is 12.7. The van der Waals surface area contributed by atoms with Gasteiger partial charge in [0, 0.05) is 49.8 Å². The van der Waals surface area contributed by atoms with Gasteiger partial charge >= 0.3 is 0 Å². The summed E-state index contributed by atoms with van der Waals surface area (Å²) >= 11 is 1.56. The summed E-state index contributed by atoms with van der Waals surface area (Å²) in [7, 11) is 1.94.